The Morgan fingerprint density at radius 1 is 1.20 bits per heavy atom. The maximum atomic E-state index is 10.7. The lowest BCUT2D eigenvalue weighted by Crippen LogP contribution is -2.58. The third-order valence-electron chi connectivity index (χ3n) is 6.68. The van der Waals surface area contributed by atoms with Crippen molar-refractivity contribution in [3.8, 4) is 5.75 Å². The lowest BCUT2D eigenvalue weighted by Gasteiger charge is -2.56. The van der Waals surface area contributed by atoms with Crippen molar-refractivity contribution >= 4 is 11.6 Å². The highest BCUT2D eigenvalue weighted by atomic mass is 35.5. The van der Waals surface area contributed by atoms with Crippen LogP contribution >= 0.6 is 11.6 Å². The number of hydrogen-bond donors (Lipinski definition) is 2. The molecule has 0 radical (unpaired) electrons. The topological polar surface area (TPSA) is 58.9 Å². The van der Waals surface area contributed by atoms with Crippen molar-refractivity contribution in [1.29, 1.82) is 0 Å². The molecule has 2 aromatic carbocycles. The van der Waals surface area contributed by atoms with Gasteiger partial charge in [0.2, 0.25) is 0 Å². The van der Waals surface area contributed by atoms with E-state index in [1.165, 1.54) is 5.56 Å². The third-order valence-corrected chi connectivity index (χ3v) is 7.05. The maximum Gasteiger partial charge on any atom is 0.119 e. The zero-order valence-electron chi connectivity index (χ0n) is 17.5. The molecule has 0 amide bonds. The lowest BCUT2D eigenvalue weighted by atomic mass is 9.61. The Morgan fingerprint density at radius 2 is 2.00 bits per heavy atom. The van der Waals surface area contributed by atoms with E-state index in [9.17, 15) is 10.2 Å². The van der Waals surface area contributed by atoms with Crippen LogP contribution in [0.2, 0.25) is 5.02 Å². The summed E-state index contributed by atoms with van der Waals surface area (Å²) in [6, 6.07) is 14.2. The van der Waals surface area contributed by atoms with E-state index in [-0.39, 0.29) is 30.3 Å². The van der Waals surface area contributed by atoms with Crippen LogP contribution in [0.1, 0.15) is 61.8 Å². The molecule has 4 unspecified atom stereocenters. The Balaban J connectivity index is 1.52. The van der Waals surface area contributed by atoms with Gasteiger partial charge >= 0.3 is 0 Å². The van der Waals surface area contributed by atoms with E-state index in [1.54, 1.807) is 0 Å². The largest absolute Gasteiger partial charge is 0.494 e. The summed E-state index contributed by atoms with van der Waals surface area (Å²) in [6.45, 7) is 2.79. The second kappa shape index (κ2) is 9.27. The van der Waals surface area contributed by atoms with Gasteiger partial charge < -0.3 is 19.7 Å². The van der Waals surface area contributed by atoms with E-state index in [1.807, 2.05) is 31.2 Å². The molecule has 2 aliphatic rings. The van der Waals surface area contributed by atoms with Crippen molar-refractivity contribution in [2.45, 2.75) is 63.3 Å². The van der Waals surface area contributed by atoms with Gasteiger partial charge in [-0.2, -0.15) is 0 Å². The zero-order valence-corrected chi connectivity index (χ0v) is 18.3. The molecule has 1 saturated heterocycles. The summed E-state index contributed by atoms with van der Waals surface area (Å²) in [7, 11) is 0. The van der Waals surface area contributed by atoms with Gasteiger partial charge in [-0.3, -0.25) is 0 Å². The van der Waals surface area contributed by atoms with Crippen LogP contribution in [0.4, 0.5) is 0 Å². The van der Waals surface area contributed by atoms with Gasteiger partial charge in [0.15, 0.2) is 0 Å². The molecule has 2 N–H and O–H groups in total. The van der Waals surface area contributed by atoms with Crippen LogP contribution < -0.4 is 4.74 Å². The first-order valence-electron chi connectivity index (χ1n) is 11.0. The molecule has 4 nitrogen and oxygen atoms in total. The average molecular weight is 431 g/mol. The normalized spacial score (nSPS) is 27.9. The SMILES string of the molecule is CCOc1ccc(Cc2cc(C3CC(O)C4CCC4(CCCO)O3)ccc2Cl)cc1. The fraction of sp³-hybridized carbons (Fsp3) is 0.520. The Bertz CT molecular complexity index is 853. The predicted octanol–water partition coefficient (Wildman–Crippen LogP) is 5.07. The van der Waals surface area contributed by atoms with Crippen LogP contribution in [0, 0.1) is 5.92 Å². The van der Waals surface area contributed by atoms with Gasteiger partial charge in [0, 0.05) is 24.0 Å². The minimum absolute atomic E-state index is 0.147. The molecule has 0 spiro atoms. The molecule has 0 aromatic heterocycles. The number of benzene rings is 2. The summed E-state index contributed by atoms with van der Waals surface area (Å²) in [6.07, 6.45) is 4.30. The molecule has 1 heterocycles. The van der Waals surface area contributed by atoms with Gasteiger partial charge in [-0.25, -0.2) is 0 Å². The van der Waals surface area contributed by atoms with Crippen molar-refractivity contribution < 1.29 is 19.7 Å². The molecule has 0 bridgehead atoms. The van der Waals surface area contributed by atoms with Crippen LogP contribution in [-0.4, -0.2) is 35.1 Å². The van der Waals surface area contributed by atoms with E-state index < -0.39 is 0 Å². The monoisotopic (exact) mass is 430 g/mol. The minimum Gasteiger partial charge on any atom is -0.494 e. The van der Waals surface area contributed by atoms with Crippen molar-refractivity contribution in [3.63, 3.8) is 0 Å². The number of aliphatic hydroxyl groups excluding tert-OH is 2. The van der Waals surface area contributed by atoms with Gasteiger partial charge in [-0.15, -0.1) is 0 Å². The number of aliphatic hydroxyl groups is 2. The Kier molecular flexibility index (Phi) is 6.69. The van der Waals surface area contributed by atoms with E-state index in [4.69, 9.17) is 21.1 Å². The second-order valence-electron chi connectivity index (χ2n) is 8.55. The first-order valence-corrected chi connectivity index (χ1v) is 11.4. The van der Waals surface area contributed by atoms with Crippen molar-refractivity contribution in [1.82, 2.24) is 0 Å². The Labute approximate surface area is 183 Å². The van der Waals surface area contributed by atoms with Crippen molar-refractivity contribution in [3.05, 3.63) is 64.2 Å². The Morgan fingerprint density at radius 3 is 2.67 bits per heavy atom. The average Bonchev–Trinajstić information content (AvgIpc) is 2.72. The number of fused-ring (bicyclic) bond motifs is 1. The Hall–Kier alpha value is -1.59. The molecule has 1 aliphatic heterocycles. The molecule has 1 saturated carbocycles. The lowest BCUT2D eigenvalue weighted by molar-refractivity contribution is -0.253. The van der Waals surface area contributed by atoms with E-state index >= 15 is 0 Å². The van der Waals surface area contributed by atoms with Crippen LogP contribution in [0.25, 0.3) is 0 Å². The summed E-state index contributed by atoms with van der Waals surface area (Å²) >= 11 is 6.51. The van der Waals surface area contributed by atoms with E-state index in [0.29, 0.717) is 19.4 Å². The molecule has 4 atom stereocenters. The smallest absolute Gasteiger partial charge is 0.119 e. The molecule has 30 heavy (non-hydrogen) atoms. The number of halogens is 1. The molecule has 2 fully saturated rings. The van der Waals surface area contributed by atoms with E-state index in [2.05, 4.69) is 18.2 Å². The molecule has 1 aliphatic carbocycles. The van der Waals surface area contributed by atoms with Gasteiger partial charge in [0.25, 0.3) is 0 Å². The highest BCUT2D eigenvalue weighted by molar-refractivity contribution is 6.31. The van der Waals surface area contributed by atoms with Crippen LogP contribution in [-0.2, 0) is 11.2 Å². The molecular weight excluding hydrogens is 400 g/mol. The molecule has 5 heteroatoms. The third kappa shape index (κ3) is 4.38. The predicted molar refractivity (Wildman–Crippen MR) is 118 cm³/mol. The minimum atomic E-state index is -0.360. The standard InChI is InChI=1S/C25H31ClO4/c1-2-29-20-7-4-17(5-8-20)14-19-15-18(6-9-22(19)26)24-16-23(28)21-10-12-25(21,30-24)11-3-13-27/h4-9,15,21,23-24,27-28H,2-3,10-14,16H2,1H3. The summed E-state index contributed by atoms with van der Waals surface area (Å²) in [5.74, 6) is 1.06. The summed E-state index contributed by atoms with van der Waals surface area (Å²) in [4.78, 5) is 0. The van der Waals surface area contributed by atoms with Gasteiger partial charge in [0.05, 0.1) is 24.4 Å². The van der Waals surface area contributed by atoms with Crippen LogP contribution in [0.5, 0.6) is 5.75 Å². The molecule has 4 rings (SSSR count). The van der Waals surface area contributed by atoms with Crippen molar-refractivity contribution in [2.24, 2.45) is 5.92 Å². The van der Waals surface area contributed by atoms with Crippen LogP contribution in [0.3, 0.4) is 0 Å². The van der Waals surface area contributed by atoms with E-state index in [0.717, 1.165) is 47.6 Å². The summed E-state index contributed by atoms with van der Waals surface area (Å²) < 4.78 is 12.1. The maximum absolute atomic E-state index is 10.7. The fourth-order valence-corrected chi connectivity index (χ4v) is 5.19. The quantitative estimate of drug-likeness (QED) is 0.613. The van der Waals surface area contributed by atoms with Gasteiger partial charge in [-0.1, -0.05) is 35.9 Å². The first kappa shape index (κ1) is 21.6. The molecule has 2 aromatic rings. The van der Waals surface area contributed by atoms with Crippen molar-refractivity contribution in [2.75, 3.05) is 13.2 Å². The highest BCUT2D eigenvalue weighted by Crippen LogP contribution is 2.54. The van der Waals surface area contributed by atoms with Gasteiger partial charge in [0.1, 0.15) is 5.75 Å². The van der Waals surface area contributed by atoms with Crippen LogP contribution in [0.15, 0.2) is 42.5 Å². The number of hydrogen-bond acceptors (Lipinski definition) is 4. The molecule has 162 valence electrons. The summed E-state index contributed by atoms with van der Waals surface area (Å²) in [5, 5.41) is 20.8. The summed E-state index contributed by atoms with van der Waals surface area (Å²) in [5.41, 5.74) is 2.99. The number of ether oxygens (including phenoxy) is 2. The number of rotatable bonds is 8. The second-order valence-corrected chi connectivity index (χ2v) is 8.96. The molecular formula is C25H31ClO4. The highest BCUT2D eigenvalue weighted by Gasteiger charge is 2.55. The fourth-order valence-electron chi connectivity index (χ4n) is 5.01. The first-order chi connectivity index (χ1) is 14.5. The van der Waals surface area contributed by atoms with Gasteiger partial charge in [-0.05, 0) is 73.9 Å². The zero-order chi connectivity index (χ0) is 21.1.